The average Bonchev–Trinajstić information content (AvgIpc) is 2.57. The molecule has 0 aliphatic rings. The summed E-state index contributed by atoms with van der Waals surface area (Å²) in [7, 11) is 0. The van der Waals surface area contributed by atoms with Gasteiger partial charge >= 0.3 is 5.92 Å². The molecule has 1 N–H and O–H groups in total. The summed E-state index contributed by atoms with van der Waals surface area (Å²) >= 11 is 0. The normalized spacial score (nSPS) is 12.2. The van der Waals surface area contributed by atoms with E-state index in [-0.39, 0.29) is 15.9 Å². The van der Waals surface area contributed by atoms with E-state index in [1.165, 1.54) is 0 Å². The molecule has 86 valence electrons. The zero-order valence-electron chi connectivity index (χ0n) is 7.66. The van der Waals surface area contributed by atoms with Gasteiger partial charge in [-0.3, -0.25) is 0 Å². The van der Waals surface area contributed by atoms with Crippen LogP contribution in [0.5, 0.6) is 0 Å². The van der Waals surface area contributed by atoms with E-state index in [9.17, 15) is 22.8 Å². The summed E-state index contributed by atoms with van der Waals surface area (Å²) in [5.41, 5.74) is -0.629. The average molecular weight is 235 g/mol. The molecule has 0 fully saturated rings. The van der Waals surface area contributed by atoms with Gasteiger partial charge in [-0.15, -0.1) is 0 Å². The topological polar surface area (TPSA) is 50.9 Å². The number of aromatic nitrogens is 3. The molecule has 8 heteroatoms. The van der Waals surface area contributed by atoms with Crippen molar-refractivity contribution >= 4 is 11.2 Å². The lowest BCUT2D eigenvalue weighted by Gasteiger charge is -2.09. The molecule has 0 aromatic carbocycles. The van der Waals surface area contributed by atoms with Gasteiger partial charge in [-0.2, -0.15) is 13.5 Å². The second-order valence-electron chi connectivity index (χ2n) is 3.08. The predicted molar refractivity (Wildman–Crippen MR) is 44.5 cm³/mol. The number of rotatable bonds is 2. The first-order valence-electron chi connectivity index (χ1n) is 4.13. The highest BCUT2D eigenvalue weighted by Gasteiger charge is 2.38. The molecular weight excluding hydrogens is 230 g/mol. The zero-order valence-corrected chi connectivity index (χ0v) is 7.66. The third-order valence-corrected chi connectivity index (χ3v) is 1.95. The maximum atomic E-state index is 12.9. The summed E-state index contributed by atoms with van der Waals surface area (Å²) in [6.07, 6.45) is 0.757. The molecule has 2 aromatic rings. The Bertz CT molecular complexity index is 539. The van der Waals surface area contributed by atoms with Gasteiger partial charge in [-0.05, 0) is 0 Å². The summed E-state index contributed by atoms with van der Waals surface area (Å²) in [6, 6.07) is 0.771. The number of nitrogens with zero attached hydrogens (tertiary/aromatic N) is 3. The van der Waals surface area contributed by atoms with Crippen LogP contribution in [0.25, 0.3) is 11.2 Å². The zero-order chi connectivity index (χ0) is 11.9. The molecule has 16 heavy (non-hydrogen) atoms. The van der Waals surface area contributed by atoms with E-state index in [2.05, 4.69) is 9.97 Å². The highest BCUT2D eigenvalue weighted by atomic mass is 19.3. The molecule has 0 aliphatic heterocycles. The van der Waals surface area contributed by atoms with E-state index in [1.54, 1.807) is 0 Å². The molecule has 2 aromatic heterocycles. The van der Waals surface area contributed by atoms with Crippen LogP contribution < -0.4 is 0 Å². The van der Waals surface area contributed by atoms with Crippen LogP contribution in [0, 0.1) is 5.82 Å². The van der Waals surface area contributed by atoms with Crippen molar-refractivity contribution in [2.75, 3.05) is 6.67 Å². The van der Waals surface area contributed by atoms with Crippen molar-refractivity contribution in [1.29, 1.82) is 0 Å². The van der Waals surface area contributed by atoms with Gasteiger partial charge < -0.3 is 5.21 Å². The Morgan fingerprint density at radius 1 is 1.44 bits per heavy atom. The number of hydrogen-bond donors (Lipinski definition) is 1. The highest BCUT2D eigenvalue weighted by Crippen LogP contribution is 2.29. The van der Waals surface area contributed by atoms with Crippen LogP contribution in [0.2, 0.25) is 0 Å². The van der Waals surface area contributed by atoms with Crippen molar-refractivity contribution in [3.8, 4) is 0 Å². The van der Waals surface area contributed by atoms with Gasteiger partial charge in [0.15, 0.2) is 12.3 Å². The molecule has 2 heterocycles. The highest BCUT2D eigenvalue weighted by molar-refractivity contribution is 5.71. The number of alkyl halides is 3. The van der Waals surface area contributed by atoms with Crippen LogP contribution in [-0.4, -0.2) is 26.6 Å². The summed E-state index contributed by atoms with van der Waals surface area (Å²) in [5.74, 6) is -5.97. The van der Waals surface area contributed by atoms with Gasteiger partial charge in [0, 0.05) is 6.07 Å². The lowest BCUT2D eigenvalue weighted by atomic mass is 10.3. The minimum atomic E-state index is -3.94. The molecule has 0 atom stereocenters. The van der Waals surface area contributed by atoms with E-state index < -0.39 is 24.2 Å². The molecule has 2 rings (SSSR count). The summed E-state index contributed by atoms with van der Waals surface area (Å²) in [4.78, 5) is 6.63. The fourth-order valence-corrected chi connectivity index (χ4v) is 1.22. The first kappa shape index (κ1) is 10.7. The SMILES string of the molecule is On1c(C(F)(F)CF)nc2ncc(F)cc21. The van der Waals surface area contributed by atoms with Crippen molar-refractivity contribution in [2.45, 2.75) is 5.92 Å². The van der Waals surface area contributed by atoms with E-state index >= 15 is 0 Å². The van der Waals surface area contributed by atoms with Crippen molar-refractivity contribution in [2.24, 2.45) is 0 Å². The van der Waals surface area contributed by atoms with Crippen LogP contribution in [0.4, 0.5) is 17.6 Å². The third kappa shape index (κ3) is 1.46. The van der Waals surface area contributed by atoms with Gasteiger partial charge in [0.2, 0.25) is 5.82 Å². The fraction of sp³-hybridized carbons (Fsp3) is 0.250. The van der Waals surface area contributed by atoms with Crippen molar-refractivity contribution in [3.63, 3.8) is 0 Å². The van der Waals surface area contributed by atoms with E-state index in [4.69, 9.17) is 0 Å². The quantitative estimate of drug-likeness (QED) is 0.638. The van der Waals surface area contributed by atoms with E-state index in [0.29, 0.717) is 0 Å². The first-order chi connectivity index (χ1) is 7.45. The molecule has 0 saturated heterocycles. The van der Waals surface area contributed by atoms with Crippen LogP contribution in [0.15, 0.2) is 12.3 Å². The Morgan fingerprint density at radius 2 is 2.12 bits per heavy atom. The smallest absolute Gasteiger partial charge is 0.335 e. The van der Waals surface area contributed by atoms with Gasteiger partial charge in [-0.25, -0.2) is 18.7 Å². The van der Waals surface area contributed by atoms with Gasteiger partial charge in [0.25, 0.3) is 0 Å². The number of fused-ring (bicyclic) bond motifs is 1. The number of halogens is 4. The lowest BCUT2D eigenvalue weighted by molar-refractivity contribution is -0.0512. The van der Waals surface area contributed by atoms with Gasteiger partial charge in [-0.1, -0.05) is 0 Å². The number of imidazole rings is 1. The molecule has 0 aliphatic carbocycles. The standard InChI is InChI=1S/C8H5F4N3O/c9-3-8(11,12)7-14-6-5(15(7)16)1-4(10)2-13-6/h1-2,16H,3H2. The molecule has 4 nitrogen and oxygen atoms in total. The second kappa shape index (κ2) is 3.32. The molecular formula is C8H5F4N3O. The number of hydrogen-bond acceptors (Lipinski definition) is 3. The van der Waals surface area contributed by atoms with E-state index in [0.717, 1.165) is 12.3 Å². The minimum absolute atomic E-state index is 0.0645. The van der Waals surface area contributed by atoms with Gasteiger partial charge in [0.1, 0.15) is 11.3 Å². The number of pyridine rings is 1. The lowest BCUT2D eigenvalue weighted by Crippen LogP contribution is -2.21. The molecule has 0 unspecified atom stereocenters. The molecule has 0 saturated carbocycles. The van der Waals surface area contributed by atoms with Gasteiger partial charge in [0.05, 0.1) is 6.20 Å². The van der Waals surface area contributed by atoms with E-state index in [1.807, 2.05) is 0 Å². The maximum absolute atomic E-state index is 12.9. The molecule has 0 spiro atoms. The fourth-order valence-electron chi connectivity index (χ4n) is 1.22. The Balaban J connectivity index is 2.70. The summed E-state index contributed by atoms with van der Waals surface area (Å²) in [5, 5.41) is 9.28. The van der Waals surface area contributed by atoms with Crippen LogP contribution in [-0.2, 0) is 5.92 Å². The third-order valence-electron chi connectivity index (χ3n) is 1.95. The van der Waals surface area contributed by atoms with Crippen molar-refractivity contribution < 1.29 is 22.8 Å². The Labute approximate surface area is 86.1 Å². The molecule has 0 amide bonds. The summed E-state index contributed by atoms with van der Waals surface area (Å²) in [6.45, 7) is -2.01. The Kier molecular flexibility index (Phi) is 2.21. The van der Waals surface area contributed by atoms with Crippen LogP contribution in [0.3, 0.4) is 0 Å². The first-order valence-corrected chi connectivity index (χ1v) is 4.13. The predicted octanol–water partition coefficient (Wildman–Crippen LogP) is 1.87. The summed E-state index contributed by atoms with van der Waals surface area (Å²) < 4.78 is 50.6. The molecule has 0 bridgehead atoms. The Morgan fingerprint density at radius 3 is 2.75 bits per heavy atom. The maximum Gasteiger partial charge on any atom is 0.335 e. The van der Waals surface area contributed by atoms with Crippen molar-refractivity contribution in [1.82, 2.24) is 14.7 Å². The molecule has 0 radical (unpaired) electrons. The van der Waals surface area contributed by atoms with Crippen molar-refractivity contribution in [3.05, 3.63) is 23.9 Å². The Hall–Kier alpha value is -1.86. The van der Waals surface area contributed by atoms with Crippen LogP contribution >= 0.6 is 0 Å². The second-order valence-corrected chi connectivity index (χ2v) is 3.08. The van der Waals surface area contributed by atoms with Crippen LogP contribution in [0.1, 0.15) is 5.82 Å². The largest absolute Gasteiger partial charge is 0.426 e. The monoisotopic (exact) mass is 235 g/mol. The minimum Gasteiger partial charge on any atom is -0.426 e.